The summed E-state index contributed by atoms with van der Waals surface area (Å²) >= 11 is 6.00. The maximum atomic E-state index is 14.6. The number of carbonyl (C=O) groups is 1. The highest BCUT2D eigenvalue weighted by Gasteiger charge is 2.26. The maximum absolute atomic E-state index is 14.6. The zero-order chi connectivity index (χ0) is 25.4. The first-order valence-electron chi connectivity index (χ1n) is 11.9. The van der Waals surface area contributed by atoms with Gasteiger partial charge in [-0.1, -0.05) is 23.7 Å². The van der Waals surface area contributed by atoms with Gasteiger partial charge in [0.15, 0.2) is 0 Å². The Morgan fingerprint density at radius 1 is 1.08 bits per heavy atom. The molecule has 9 heteroatoms. The number of halogens is 3. The molecule has 36 heavy (non-hydrogen) atoms. The number of hydrogen-bond donors (Lipinski definition) is 1. The molecule has 0 radical (unpaired) electrons. The first-order valence-corrected chi connectivity index (χ1v) is 12.3. The van der Waals surface area contributed by atoms with Gasteiger partial charge in [0.25, 0.3) is 5.91 Å². The molecule has 1 saturated carbocycles. The molecule has 1 aliphatic carbocycles. The number of nitrogens with one attached hydrogen (secondary N) is 1. The standard InChI is InChI=1S/C27H25ClF2N4O2/c1-16-21(12-18(28)14-31-16)26(35)32-20-9-6-17(7-10-20)15-33-24-4-2-3-5-25(24)34(27(33)36)23-11-8-19(29)13-22(23)30/h2-5,8,11-14,17,20H,6-7,9-10,15H2,1H3,(H,32,35). The van der Waals surface area contributed by atoms with Crippen molar-refractivity contribution < 1.29 is 13.6 Å². The van der Waals surface area contributed by atoms with Crippen LogP contribution in [0, 0.1) is 24.5 Å². The quantitative estimate of drug-likeness (QED) is 0.390. The van der Waals surface area contributed by atoms with Crippen LogP contribution in [0.4, 0.5) is 8.78 Å². The van der Waals surface area contributed by atoms with Crippen molar-refractivity contribution in [3.05, 3.63) is 93.1 Å². The van der Waals surface area contributed by atoms with Crippen LogP contribution in [-0.2, 0) is 6.54 Å². The third-order valence-electron chi connectivity index (χ3n) is 6.91. The molecule has 2 heterocycles. The smallest absolute Gasteiger partial charge is 0.333 e. The summed E-state index contributed by atoms with van der Waals surface area (Å²) in [4.78, 5) is 30.3. The molecule has 2 aromatic carbocycles. The van der Waals surface area contributed by atoms with Crippen LogP contribution in [0.5, 0.6) is 0 Å². The molecule has 0 unspecified atom stereocenters. The highest BCUT2D eigenvalue weighted by Crippen LogP contribution is 2.28. The van der Waals surface area contributed by atoms with E-state index in [2.05, 4.69) is 10.3 Å². The van der Waals surface area contributed by atoms with Crippen molar-refractivity contribution in [1.82, 2.24) is 19.4 Å². The Balaban J connectivity index is 1.32. The van der Waals surface area contributed by atoms with Gasteiger partial charge in [0, 0.05) is 24.8 Å². The molecule has 1 amide bonds. The van der Waals surface area contributed by atoms with Gasteiger partial charge >= 0.3 is 5.69 Å². The molecule has 2 aromatic heterocycles. The molecular formula is C27H25ClF2N4O2. The molecular weight excluding hydrogens is 486 g/mol. The normalized spacial score (nSPS) is 17.9. The molecule has 0 bridgehead atoms. The van der Waals surface area contributed by atoms with E-state index in [1.807, 2.05) is 12.1 Å². The minimum atomic E-state index is -0.790. The Kier molecular flexibility index (Phi) is 6.62. The SMILES string of the molecule is Cc1ncc(Cl)cc1C(=O)NC1CCC(Cn2c(=O)n(-c3ccc(F)cc3F)c3ccccc32)CC1. The Bertz CT molecular complexity index is 1510. The van der Waals surface area contributed by atoms with Crippen LogP contribution in [0.25, 0.3) is 16.7 Å². The van der Waals surface area contributed by atoms with Crippen LogP contribution < -0.4 is 11.0 Å². The summed E-state index contributed by atoms with van der Waals surface area (Å²) in [5.74, 6) is -1.45. The molecule has 1 N–H and O–H groups in total. The number of pyridine rings is 1. The third-order valence-corrected chi connectivity index (χ3v) is 7.11. The van der Waals surface area contributed by atoms with Crippen molar-refractivity contribution in [2.45, 2.75) is 45.2 Å². The lowest BCUT2D eigenvalue weighted by Gasteiger charge is -2.29. The predicted octanol–water partition coefficient (Wildman–Crippen LogP) is 5.42. The van der Waals surface area contributed by atoms with Crippen molar-refractivity contribution >= 4 is 28.5 Å². The van der Waals surface area contributed by atoms with Gasteiger partial charge in [-0.15, -0.1) is 0 Å². The number of benzene rings is 2. The Hall–Kier alpha value is -3.52. The van der Waals surface area contributed by atoms with E-state index in [-0.39, 0.29) is 29.2 Å². The number of carbonyl (C=O) groups excluding carboxylic acids is 1. The minimum absolute atomic E-state index is 0.0218. The van der Waals surface area contributed by atoms with Gasteiger partial charge in [-0.2, -0.15) is 0 Å². The second-order valence-electron chi connectivity index (χ2n) is 9.29. The number of amides is 1. The molecule has 4 aromatic rings. The number of aryl methyl sites for hydroxylation is 1. The molecule has 186 valence electrons. The van der Waals surface area contributed by atoms with Crippen molar-refractivity contribution in [2.24, 2.45) is 5.92 Å². The van der Waals surface area contributed by atoms with E-state index in [0.717, 1.165) is 37.8 Å². The topological polar surface area (TPSA) is 68.9 Å². The highest BCUT2D eigenvalue weighted by molar-refractivity contribution is 6.30. The highest BCUT2D eigenvalue weighted by atomic mass is 35.5. The van der Waals surface area contributed by atoms with Crippen LogP contribution in [0.1, 0.15) is 41.7 Å². The van der Waals surface area contributed by atoms with Gasteiger partial charge in [0.05, 0.1) is 33.0 Å². The van der Waals surface area contributed by atoms with Gasteiger partial charge in [-0.05, 0) is 68.9 Å². The molecule has 1 aliphatic rings. The molecule has 0 aliphatic heterocycles. The van der Waals surface area contributed by atoms with Crippen molar-refractivity contribution in [3.8, 4) is 5.69 Å². The average Bonchev–Trinajstić information content (AvgIpc) is 3.13. The summed E-state index contributed by atoms with van der Waals surface area (Å²) in [5, 5.41) is 3.50. The summed E-state index contributed by atoms with van der Waals surface area (Å²) in [7, 11) is 0. The number of rotatable bonds is 5. The lowest BCUT2D eigenvalue weighted by molar-refractivity contribution is 0.0919. The van der Waals surface area contributed by atoms with E-state index < -0.39 is 11.6 Å². The lowest BCUT2D eigenvalue weighted by atomic mass is 9.85. The Morgan fingerprint density at radius 3 is 2.53 bits per heavy atom. The van der Waals surface area contributed by atoms with E-state index in [0.29, 0.717) is 33.9 Å². The largest absolute Gasteiger partial charge is 0.349 e. The second kappa shape index (κ2) is 9.85. The monoisotopic (exact) mass is 510 g/mol. The van der Waals surface area contributed by atoms with Crippen LogP contribution >= 0.6 is 11.6 Å². The van der Waals surface area contributed by atoms with Gasteiger partial charge in [-0.3, -0.25) is 18.9 Å². The maximum Gasteiger partial charge on any atom is 0.333 e. The van der Waals surface area contributed by atoms with E-state index in [4.69, 9.17) is 11.6 Å². The van der Waals surface area contributed by atoms with Crippen LogP contribution in [0.3, 0.4) is 0 Å². The molecule has 0 saturated heterocycles. The summed E-state index contributed by atoms with van der Waals surface area (Å²) in [5.41, 5.74) is 2.02. The average molecular weight is 511 g/mol. The van der Waals surface area contributed by atoms with Crippen molar-refractivity contribution in [1.29, 1.82) is 0 Å². The zero-order valence-electron chi connectivity index (χ0n) is 19.7. The number of fused-ring (bicyclic) bond motifs is 1. The molecule has 6 nitrogen and oxygen atoms in total. The fraction of sp³-hybridized carbons (Fsp3) is 0.296. The van der Waals surface area contributed by atoms with Crippen LogP contribution in [-0.4, -0.2) is 26.1 Å². The van der Waals surface area contributed by atoms with Gasteiger partial charge in [0.2, 0.25) is 0 Å². The number of aromatic nitrogens is 3. The van der Waals surface area contributed by atoms with Crippen LogP contribution in [0.2, 0.25) is 5.02 Å². The molecule has 0 atom stereocenters. The third kappa shape index (κ3) is 4.65. The van der Waals surface area contributed by atoms with E-state index >= 15 is 0 Å². The lowest BCUT2D eigenvalue weighted by Crippen LogP contribution is -2.39. The number of nitrogens with zero attached hydrogens (tertiary/aromatic N) is 3. The van der Waals surface area contributed by atoms with Gasteiger partial charge in [0.1, 0.15) is 11.6 Å². The van der Waals surface area contributed by atoms with Crippen molar-refractivity contribution in [3.63, 3.8) is 0 Å². The first kappa shape index (κ1) is 24.2. The number of para-hydroxylation sites is 2. The minimum Gasteiger partial charge on any atom is -0.349 e. The summed E-state index contributed by atoms with van der Waals surface area (Å²) in [6.45, 7) is 2.25. The fourth-order valence-corrected chi connectivity index (χ4v) is 5.19. The van der Waals surface area contributed by atoms with Gasteiger partial charge in [-0.25, -0.2) is 13.6 Å². The summed E-state index contributed by atoms with van der Waals surface area (Å²) < 4.78 is 31.0. The van der Waals surface area contributed by atoms with Crippen LogP contribution in [0.15, 0.2) is 59.5 Å². The molecule has 5 rings (SSSR count). The number of hydrogen-bond acceptors (Lipinski definition) is 3. The Morgan fingerprint density at radius 2 is 1.81 bits per heavy atom. The summed E-state index contributed by atoms with van der Waals surface area (Å²) in [6.07, 6.45) is 4.73. The van der Waals surface area contributed by atoms with Crippen molar-refractivity contribution in [2.75, 3.05) is 0 Å². The predicted molar refractivity (Wildman–Crippen MR) is 135 cm³/mol. The molecule has 0 spiro atoms. The van der Waals surface area contributed by atoms with E-state index in [1.54, 1.807) is 29.7 Å². The molecule has 1 fully saturated rings. The number of imidazole rings is 1. The van der Waals surface area contributed by atoms with Gasteiger partial charge < -0.3 is 5.32 Å². The zero-order valence-corrected chi connectivity index (χ0v) is 20.4. The summed E-state index contributed by atoms with van der Waals surface area (Å²) in [6, 6.07) is 12.1. The second-order valence-corrected chi connectivity index (χ2v) is 9.73. The fourth-order valence-electron chi connectivity index (χ4n) is 5.03. The Labute approximate surface area is 211 Å². The van der Waals surface area contributed by atoms with E-state index in [1.165, 1.54) is 16.8 Å². The first-order chi connectivity index (χ1) is 17.3. The van der Waals surface area contributed by atoms with E-state index in [9.17, 15) is 18.4 Å².